The molecule has 0 radical (unpaired) electrons. The summed E-state index contributed by atoms with van der Waals surface area (Å²) in [5.74, 6) is 14.0. The van der Waals surface area contributed by atoms with Crippen LogP contribution in [0, 0.1) is 172 Å². The van der Waals surface area contributed by atoms with Gasteiger partial charge >= 0.3 is 399 Å². The fraction of sp³-hybridized carbons (Fsp3) is 0.903. The van der Waals surface area contributed by atoms with Gasteiger partial charge in [0.2, 0.25) is 0 Å². The molecule has 6 nitrogen and oxygen atoms in total. The molecule has 0 aromatic carbocycles. The SMILES string of the molecule is CC(C)C(C)(C)[N]=[Mo].CC(C)CC(C)(C)[N]=[Mo].CC1CCCC1.CC1CCCC1.CC1CCCC1.CC1CCCC1.CC1CCCC1.CC1CCCC1.CC1CCCC1.CC1CCCC1.CC1CCCC1.CC1CCCC1.CC1CCCC1.CC1CCCC1.CCC(C)(CC)[N]=[Mo].CCCC(C)(CC)[N]=[Mo].CCCC(C)(CC)[N]=[Mo].CCCCC(C)(C)[N]=[Mo].[CH3-].[CH3-].[CH3-].[CH3-].[CH3-].[CH3-].[CH3-].[CH3-].[CH3-].[CH3-].[CH3-].[CH3-]. The molecule has 0 amide bonds. The molecule has 0 aromatic rings. The summed E-state index contributed by atoms with van der Waals surface area (Å²) in [5, 5.41) is 0. The fourth-order valence-electron chi connectivity index (χ4n) is 17.4. The van der Waals surface area contributed by atoms with E-state index in [2.05, 4.69) is 243 Å². The Balaban J connectivity index is -0.0000000675. The minimum Gasteiger partial charge on any atom is -0.358 e. The van der Waals surface area contributed by atoms with E-state index in [1.165, 1.54) is 372 Å². The molecule has 12 aliphatic carbocycles. The summed E-state index contributed by atoms with van der Waals surface area (Å²) in [6.45, 7) is 72.0. The molecule has 0 aromatic heterocycles. The van der Waals surface area contributed by atoms with Crippen LogP contribution in [0.3, 0.4) is 0 Å². The zero-order valence-corrected chi connectivity index (χ0v) is 115. The third-order valence-electron chi connectivity index (χ3n) is 29.2. The smallest absolute Gasteiger partial charge is 0.358 e. The van der Waals surface area contributed by atoms with Crippen molar-refractivity contribution in [1.82, 2.24) is 0 Å². The second kappa shape index (κ2) is 120. The molecule has 840 valence electrons. The Labute approximate surface area is 941 Å². The van der Waals surface area contributed by atoms with Crippen LogP contribution in [-0.4, -0.2) is 33.2 Å². The summed E-state index contributed by atoms with van der Waals surface area (Å²) in [6.07, 6.45) is 85.9. The van der Waals surface area contributed by atoms with E-state index in [4.69, 9.17) is 0 Å². The first-order valence-corrected chi connectivity index (χ1v) is 59.8. The Hall–Kier alpha value is 2.93. The molecule has 12 rings (SSSR count). The maximum absolute atomic E-state index is 4.34. The Morgan fingerprint density at radius 3 is 0.397 bits per heavy atom. The zero-order valence-electron chi connectivity index (χ0n) is 103. The Kier molecular flexibility index (Phi) is 159. The van der Waals surface area contributed by atoms with Crippen LogP contribution >= 0.6 is 0 Å². The summed E-state index contributed by atoms with van der Waals surface area (Å²) in [4.78, 5) is 0. The number of hydrogen-bond donors (Lipinski definition) is 0. The van der Waals surface area contributed by atoms with E-state index < -0.39 is 0 Å². The summed E-state index contributed by atoms with van der Waals surface area (Å²) in [6, 6.07) is 0. The Morgan fingerprint density at radius 2 is 0.353 bits per heavy atom. The van der Waals surface area contributed by atoms with Gasteiger partial charge in [-0.15, -0.1) is 0 Å². The van der Waals surface area contributed by atoms with Crippen LogP contribution < -0.4 is 0 Å². The molecule has 0 saturated heterocycles. The van der Waals surface area contributed by atoms with Crippen LogP contribution in [-0.2, 0) is 118 Å². The molecular formula is C124H266Mo6N6-12. The Morgan fingerprint density at radius 1 is 0.206 bits per heavy atom. The first-order chi connectivity index (χ1) is 58.4. The van der Waals surface area contributed by atoms with E-state index in [1.54, 1.807) is 0 Å². The average Bonchev–Trinajstić information content (AvgIpc) is 1.57. The fourth-order valence-corrected chi connectivity index (χ4v) is 20.0. The third kappa shape index (κ3) is 127. The topological polar surface area (TPSA) is 74.2 Å². The molecule has 12 heteroatoms. The van der Waals surface area contributed by atoms with Gasteiger partial charge in [-0.2, -0.15) is 0 Å². The van der Waals surface area contributed by atoms with E-state index in [0.29, 0.717) is 5.92 Å². The predicted molar refractivity (Wildman–Crippen MR) is 615 cm³/mol. The minimum atomic E-state index is 0. The molecular weight excluding hydrogens is 2150 g/mol. The van der Waals surface area contributed by atoms with Crippen molar-refractivity contribution >= 4 is 0 Å². The van der Waals surface area contributed by atoms with E-state index in [9.17, 15) is 0 Å². The van der Waals surface area contributed by atoms with Gasteiger partial charge in [-0.05, 0) is 71.0 Å². The maximum Gasteiger partial charge on any atom is -0.358 e. The van der Waals surface area contributed by atoms with Crippen molar-refractivity contribution < 1.29 is 118 Å². The summed E-state index contributed by atoms with van der Waals surface area (Å²) in [5.41, 5.74) is 1.37. The number of rotatable bonds is 20. The normalized spacial score (nSPS) is 18.7. The quantitative estimate of drug-likeness (QED) is 0.0861. The van der Waals surface area contributed by atoms with Gasteiger partial charge in [-0.1, -0.05) is 391 Å². The van der Waals surface area contributed by atoms with Gasteiger partial charge in [0, 0.05) is 0 Å². The first kappa shape index (κ1) is 181. The van der Waals surface area contributed by atoms with Crippen LogP contribution in [0.2, 0.25) is 0 Å². The second-order valence-electron chi connectivity index (χ2n) is 45.8. The van der Waals surface area contributed by atoms with Crippen molar-refractivity contribution in [2.24, 2.45) is 104 Å². The first-order valence-electron chi connectivity index (χ1n) is 54.4. The molecule has 12 saturated carbocycles. The monoisotopic (exact) mass is 2430 g/mol. The second-order valence-corrected chi connectivity index (χ2v) is 48.5. The van der Waals surface area contributed by atoms with E-state index in [-0.39, 0.29) is 122 Å². The standard InChI is InChI=1S/4C7H15N.2C6H13N.12C6H12.12CH3.6Mo/c1-6(2)5-7(3,4)8;1-4-5-6-7(2,3)8;2*1-4-6-7(3,8)5-2;1-5(2)6(3,4)7;1-4-6(3,7)5-2;12*1-6-4-2-3-5-6;;;;;;;;;;;;;;;;;;/h6H,5H2,1-4H3;3*4-6H2,1-3H3;5H,1-4H3;4-5H2,1-3H3;12*6H,2-5H2,1H3;12*1H3;;;;;;/q;;;;;;;;;;;;;;;;;;12*-1;;;;;;. The molecule has 0 N–H and O–H groups in total. The molecule has 0 heterocycles. The maximum atomic E-state index is 4.34. The summed E-state index contributed by atoms with van der Waals surface area (Å²) >= 11 is 11.0. The Bertz CT molecular complexity index is 1900. The third-order valence-corrected chi connectivity index (χ3v) is 36.0. The minimum absolute atomic E-state index is 0. The van der Waals surface area contributed by atoms with Crippen LogP contribution in [0.4, 0.5) is 0 Å². The molecule has 0 aliphatic heterocycles. The largest absolute Gasteiger partial charge is 0.358 e. The van der Waals surface area contributed by atoms with Crippen molar-refractivity contribution in [3.63, 3.8) is 0 Å². The molecule has 12 fully saturated rings. The van der Waals surface area contributed by atoms with Crippen LogP contribution in [0.5, 0.6) is 0 Å². The van der Waals surface area contributed by atoms with Gasteiger partial charge in [0.25, 0.3) is 0 Å². The van der Waals surface area contributed by atoms with Crippen LogP contribution in [0.25, 0.3) is 0 Å². The zero-order chi connectivity index (χ0) is 95.8. The van der Waals surface area contributed by atoms with Crippen molar-refractivity contribution in [2.75, 3.05) is 0 Å². The van der Waals surface area contributed by atoms with Crippen molar-refractivity contribution in [1.29, 1.82) is 0 Å². The van der Waals surface area contributed by atoms with E-state index in [0.717, 1.165) is 89.8 Å². The molecule has 0 spiro atoms. The average molecular weight is 2420 g/mol. The molecule has 2 atom stereocenters. The number of unbranched alkanes of at least 4 members (excludes halogenated alkanes) is 1. The number of nitrogens with zero attached hydrogens (tertiary/aromatic N) is 6. The van der Waals surface area contributed by atoms with Gasteiger partial charge in [0.15, 0.2) is 0 Å². The molecule has 0 bridgehead atoms. The van der Waals surface area contributed by atoms with Gasteiger partial charge in [0.05, 0.1) is 0 Å². The van der Waals surface area contributed by atoms with Crippen molar-refractivity contribution in [3.8, 4) is 0 Å². The van der Waals surface area contributed by atoms with Crippen molar-refractivity contribution in [2.45, 2.75) is 640 Å². The van der Waals surface area contributed by atoms with Gasteiger partial charge < -0.3 is 89.1 Å². The van der Waals surface area contributed by atoms with Gasteiger partial charge in [-0.3, -0.25) is 0 Å². The molecule has 2 unspecified atom stereocenters. The van der Waals surface area contributed by atoms with Gasteiger partial charge in [-0.25, -0.2) is 0 Å². The molecule has 12 aliphatic rings. The van der Waals surface area contributed by atoms with Crippen LogP contribution in [0.15, 0.2) is 21.0 Å². The number of hydrogen-bond acceptors (Lipinski definition) is 6. The van der Waals surface area contributed by atoms with E-state index in [1.807, 2.05) is 118 Å². The summed E-state index contributed by atoms with van der Waals surface area (Å²) in [7, 11) is 0. The van der Waals surface area contributed by atoms with E-state index >= 15 is 0 Å². The van der Waals surface area contributed by atoms with Crippen molar-refractivity contribution in [3.05, 3.63) is 89.1 Å². The summed E-state index contributed by atoms with van der Waals surface area (Å²) < 4.78 is 25.7. The predicted octanol–water partition coefficient (Wildman–Crippen LogP) is 46.8. The van der Waals surface area contributed by atoms with Crippen LogP contribution in [0.1, 0.15) is 607 Å². The van der Waals surface area contributed by atoms with Gasteiger partial charge in [0.1, 0.15) is 0 Å². The molecule has 136 heavy (non-hydrogen) atoms.